The van der Waals surface area contributed by atoms with Crippen LogP contribution in [0.4, 0.5) is 0 Å². The molecule has 1 atom stereocenters. The topological polar surface area (TPSA) is 54.8 Å². The van der Waals surface area contributed by atoms with Crippen molar-refractivity contribution in [2.24, 2.45) is 9.98 Å². The summed E-state index contributed by atoms with van der Waals surface area (Å²) in [5, 5.41) is 8.13. The van der Waals surface area contributed by atoms with Gasteiger partial charge in [-0.2, -0.15) is 0 Å². The average molecular weight is 643 g/mol. The van der Waals surface area contributed by atoms with E-state index in [0.717, 1.165) is 61.3 Å². The summed E-state index contributed by atoms with van der Waals surface area (Å²) in [5.74, 6) is 1.42. The molecule has 0 bridgehead atoms. The molecule has 0 fully saturated rings. The molecule has 0 aliphatic carbocycles. The number of amidine groups is 2. The van der Waals surface area contributed by atoms with Gasteiger partial charge in [-0.15, -0.1) is 0 Å². The second-order valence-corrected chi connectivity index (χ2v) is 12.7. The number of furan rings is 1. The van der Waals surface area contributed by atoms with Gasteiger partial charge in [0.1, 0.15) is 23.2 Å². The van der Waals surface area contributed by atoms with Crippen LogP contribution in [0.2, 0.25) is 0 Å². The van der Waals surface area contributed by atoms with Crippen LogP contribution in [0, 0.1) is 0 Å². The van der Waals surface area contributed by atoms with Crippen LogP contribution < -0.4 is 5.32 Å². The Kier molecular flexibility index (Phi) is 6.49. The van der Waals surface area contributed by atoms with Crippen molar-refractivity contribution in [3.05, 3.63) is 187 Å². The quantitative estimate of drug-likeness (QED) is 0.203. The summed E-state index contributed by atoms with van der Waals surface area (Å²) in [4.78, 5) is 10.2. The Morgan fingerprint density at radius 1 is 0.520 bits per heavy atom. The molecule has 1 aliphatic heterocycles. The van der Waals surface area contributed by atoms with Gasteiger partial charge < -0.3 is 14.3 Å². The molecule has 0 amide bonds. The predicted octanol–water partition coefficient (Wildman–Crippen LogP) is 10.8. The molecule has 7 aromatic carbocycles. The Labute approximate surface area is 288 Å². The number of hydrogen-bond acceptors (Lipinski definition) is 4. The third kappa shape index (κ3) is 4.63. The van der Waals surface area contributed by atoms with E-state index in [1.54, 1.807) is 0 Å². The van der Waals surface area contributed by atoms with Gasteiger partial charge >= 0.3 is 0 Å². The monoisotopic (exact) mass is 642 g/mol. The van der Waals surface area contributed by atoms with Crippen LogP contribution in [0.15, 0.2) is 184 Å². The van der Waals surface area contributed by atoms with Gasteiger partial charge in [0.2, 0.25) is 0 Å². The Morgan fingerprint density at radius 3 is 2.00 bits per heavy atom. The first-order valence-electron chi connectivity index (χ1n) is 16.9. The maximum atomic E-state index is 6.73. The number of aromatic nitrogens is 1. The lowest BCUT2D eigenvalue weighted by molar-refractivity contribution is 0.663. The largest absolute Gasteiger partial charge is 0.455 e. The number of nitrogens with zero attached hydrogens (tertiary/aromatic N) is 3. The molecule has 5 heteroatoms. The summed E-state index contributed by atoms with van der Waals surface area (Å²) in [6.07, 6.45) is -0.286. The SMILES string of the molecule is c1ccc(C2=NC(c3cccc4c3oc3cc(-c5ccc6c7ccccc7n(-c7ccccc7)c6c5)ccc34)=NC(c3ccccc3)N2)cc1. The number of fused-ring (bicyclic) bond motifs is 6. The molecule has 50 heavy (non-hydrogen) atoms. The fourth-order valence-corrected chi connectivity index (χ4v) is 7.28. The van der Waals surface area contributed by atoms with Gasteiger partial charge in [-0.3, -0.25) is 0 Å². The third-order valence-electron chi connectivity index (χ3n) is 9.67. The van der Waals surface area contributed by atoms with Gasteiger partial charge in [0.05, 0.1) is 16.6 Å². The minimum absolute atomic E-state index is 0.286. The molecule has 1 N–H and O–H groups in total. The molecule has 0 spiro atoms. The summed E-state index contributed by atoms with van der Waals surface area (Å²) in [5.41, 5.74) is 10.3. The molecule has 0 radical (unpaired) electrons. The molecular weight excluding hydrogens is 613 g/mol. The molecule has 9 aromatic rings. The zero-order valence-corrected chi connectivity index (χ0v) is 27.0. The van der Waals surface area contributed by atoms with Crippen LogP contribution in [0.1, 0.15) is 22.9 Å². The first-order valence-corrected chi connectivity index (χ1v) is 16.9. The minimum Gasteiger partial charge on any atom is -0.455 e. The van der Waals surface area contributed by atoms with E-state index < -0.39 is 0 Å². The molecule has 0 saturated carbocycles. The van der Waals surface area contributed by atoms with Crippen molar-refractivity contribution >= 4 is 55.4 Å². The van der Waals surface area contributed by atoms with E-state index in [2.05, 4.69) is 143 Å². The highest BCUT2D eigenvalue weighted by molar-refractivity contribution is 6.19. The summed E-state index contributed by atoms with van der Waals surface area (Å²) < 4.78 is 9.09. The van der Waals surface area contributed by atoms with Crippen LogP contribution in [0.5, 0.6) is 0 Å². The smallest absolute Gasteiger partial charge is 0.163 e. The van der Waals surface area contributed by atoms with E-state index in [-0.39, 0.29) is 6.17 Å². The third-order valence-corrected chi connectivity index (χ3v) is 9.67. The molecule has 3 heterocycles. The highest BCUT2D eigenvalue weighted by Crippen LogP contribution is 2.38. The van der Waals surface area contributed by atoms with Crippen molar-refractivity contribution in [2.75, 3.05) is 0 Å². The van der Waals surface area contributed by atoms with Crippen LogP contribution in [-0.4, -0.2) is 16.2 Å². The molecule has 0 saturated heterocycles. The molecule has 236 valence electrons. The van der Waals surface area contributed by atoms with Crippen molar-refractivity contribution in [3.63, 3.8) is 0 Å². The van der Waals surface area contributed by atoms with Crippen LogP contribution >= 0.6 is 0 Å². The minimum atomic E-state index is -0.286. The van der Waals surface area contributed by atoms with E-state index in [4.69, 9.17) is 14.4 Å². The van der Waals surface area contributed by atoms with Gasteiger partial charge in [0.25, 0.3) is 0 Å². The maximum Gasteiger partial charge on any atom is 0.163 e. The fourth-order valence-electron chi connectivity index (χ4n) is 7.28. The number of rotatable bonds is 5. The summed E-state index contributed by atoms with van der Waals surface area (Å²) in [6, 6.07) is 59.2. The lowest BCUT2D eigenvalue weighted by atomic mass is 10.0. The van der Waals surface area contributed by atoms with E-state index in [0.29, 0.717) is 5.84 Å². The predicted molar refractivity (Wildman–Crippen MR) is 205 cm³/mol. The van der Waals surface area contributed by atoms with Gasteiger partial charge in [-0.05, 0) is 59.2 Å². The maximum absolute atomic E-state index is 6.73. The van der Waals surface area contributed by atoms with Crippen molar-refractivity contribution < 1.29 is 4.42 Å². The molecule has 5 nitrogen and oxygen atoms in total. The van der Waals surface area contributed by atoms with Crippen LogP contribution in [-0.2, 0) is 0 Å². The Morgan fingerprint density at radius 2 is 1.18 bits per heavy atom. The van der Waals surface area contributed by atoms with Crippen molar-refractivity contribution in [1.82, 2.24) is 9.88 Å². The van der Waals surface area contributed by atoms with Gasteiger partial charge in [-0.25, -0.2) is 9.98 Å². The van der Waals surface area contributed by atoms with E-state index in [1.165, 1.54) is 21.8 Å². The number of nitrogens with one attached hydrogen (secondary N) is 1. The Hall–Kier alpha value is -6.72. The Balaban J connectivity index is 1.11. The first kappa shape index (κ1) is 28.3. The van der Waals surface area contributed by atoms with Crippen LogP contribution in [0.25, 0.3) is 60.6 Å². The second kappa shape index (κ2) is 11.5. The lowest BCUT2D eigenvalue weighted by Crippen LogP contribution is -2.33. The Bertz CT molecular complexity index is 2780. The summed E-state index contributed by atoms with van der Waals surface area (Å²) in [6.45, 7) is 0. The van der Waals surface area contributed by atoms with Crippen LogP contribution in [0.3, 0.4) is 0 Å². The summed E-state index contributed by atoms with van der Waals surface area (Å²) in [7, 11) is 0. The van der Waals surface area contributed by atoms with Gasteiger partial charge in [0, 0.05) is 32.8 Å². The number of para-hydroxylation sites is 3. The zero-order chi connectivity index (χ0) is 33.0. The van der Waals surface area contributed by atoms with Crippen molar-refractivity contribution in [2.45, 2.75) is 6.17 Å². The average Bonchev–Trinajstić information content (AvgIpc) is 3.74. The van der Waals surface area contributed by atoms with E-state index >= 15 is 0 Å². The summed E-state index contributed by atoms with van der Waals surface area (Å²) >= 11 is 0. The van der Waals surface area contributed by atoms with E-state index in [9.17, 15) is 0 Å². The number of hydrogen-bond donors (Lipinski definition) is 1. The first-order chi connectivity index (χ1) is 24.8. The van der Waals surface area contributed by atoms with E-state index in [1.807, 2.05) is 36.4 Å². The molecule has 2 aromatic heterocycles. The highest BCUT2D eigenvalue weighted by Gasteiger charge is 2.23. The fraction of sp³-hybridized carbons (Fsp3) is 0.0222. The number of benzene rings is 7. The van der Waals surface area contributed by atoms with Gasteiger partial charge in [0.15, 0.2) is 5.84 Å². The molecule has 10 rings (SSSR count). The molecule has 1 unspecified atom stereocenters. The second-order valence-electron chi connectivity index (χ2n) is 12.7. The number of aliphatic imine (C=N–C) groups is 2. The lowest BCUT2D eigenvalue weighted by Gasteiger charge is -2.23. The van der Waals surface area contributed by atoms with Crippen molar-refractivity contribution in [3.8, 4) is 16.8 Å². The highest BCUT2D eigenvalue weighted by atomic mass is 16.3. The van der Waals surface area contributed by atoms with Gasteiger partial charge in [-0.1, -0.05) is 127 Å². The van der Waals surface area contributed by atoms with Crippen molar-refractivity contribution in [1.29, 1.82) is 0 Å². The molecule has 1 aliphatic rings. The standard InChI is InChI=1S/C45H30N4O/c1-4-13-29(14-5-1)43-46-44(30-15-6-2-7-16-30)48-45(47-43)38-21-12-20-37-36-26-24-32(28-41(36)50-42(37)38)31-23-25-35-34-19-10-11-22-39(34)49(40(35)27-31)33-17-8-3-9-18-33/h1-28,43H,(H,46,47,48). The molecular formula is C45H30N4O. The normalized spacial score (nSPS) is 14.6. The zero-order valence-electron chi connectivity index (χ0n) is 27.0.